The highest BCUT2D eigenvalue weighted by molar-refractivity contribution is 5.96. The number of aromatic nitrogens is 1. The van der Waals surface area contributed by atoms with Crippen LogP contribution in [-0.4, -0.2) is 40.4 Å². The third-order valence-corrected chi connectivity index (χ3v) is 6.29. The SMILES string of the molecule is O=C1c2c(O)c(=O)ccn2N2CN1C/C=C\COc1cccc3c1C2c1ccccc1OC3. The molecule has 1 N–H and O–H groups in total. The lowest BCUT2D eigenvalue weighted by Gasteiger charge is -2.43. The molecule has 8 heteroatoms. The first kappa shape index (κ1) is 19.5. The number of ether oxygens (including phenoxy) is 2. The Morgan fingerprint density at radius 1 is 0.939 bits per heavy atom. The van der Waals surface area contributed by atoms with Crippen molar-refractivity contribution in [2.45, 2.75) is 12.6 Å². The number of pyridine rings is 1. The molecule has 8 nitrogen and oxygen atoms in total. The molecule has 2 aromatic carbocycles. The molecule has 0 spiro atoms. The third kappa shape index (κ3) is 2.98. The number of fused-ring (bicyclic) bond motifs is 7. The van der Waals surface area contributed by atoms with E-state index in [0.29, 0.717) is 19.8 Å². The highest BCUT2D eigenvalue weighted by Gasteiger charge is 2.39. The molecule has 33 heavy (non-hydrogen) atoms. The summed E-state index contributed by atoms with van der Waals surface area (Å²) in [4.78, 5) is 27.1. The fourth-order valence-corrected chi connectivity index (χ4v) is 4.75. The Labute approximate surface area is 189 Å². The maximum Gasteiger partial charge on any atom is 0.278 e. The van der Waals surface area contributed by atoms with Crippen molar-refractivity contribution in [3.05, 3.63) is 99.5 Å². The second-order valence-electron chi connectivity index (χ2n) is 8.17. The standard InChI is InChI=1S/C25H21N3O5/c29-18-10-12-27-23(24(18)30)25(31)26-11-3-4-13-32-20-9-5-6-16-14-33-19-8-2-1-7-17(19)22(21(16)20)28(27)15-26/h1-10,12,22,30H,11,13-15H2/b4-3-. The molecule has 3 aromatic rings. The molecule has 3 aliphatic rings. The maximum atomic E-state index is 13.3. The summed E-state index contributed by atoms with van der Waals surface area (Å²) in [5.74, 6) is 0.490. The molecule has 0 saturated heterocycles. The molecule has 3 aliphatic heterocycles. The Hall–Kier alpha value is -4.20. The Morgan fingerprint density at radius 2 is 1.79 bits per heavy atom. The van der Waals surface area contributed by atoms with Gasteiger partial charge in [0.15, 0.2) is 11.4 Å². The molecular weight excluding hydrogens is 422 g/mol. The van der Waals surface area contributed by atoms with Crippen molar-refractivity contribution >= 4 is 5.91 Å². The second-order valence-corrected chi connectivity index (χ2v) is 8.17. The van der Waals surface area contributed by atoms with Crippen molar-refractivity contribution in [2.75, 3.05) is 24.8 Å². The summed E-state index contributed by atoms with van der Waals surface area (Å²) < 4.78 is 13.9. The summed E-state index contributed by atoms with van der Waals surface area (Å²) in [7, 11) is 0. The molecule has 0 saturated carbocycles. The largest absolute Gasteiger partial charge is 0.502 e. The molecule has 1 unspecified atom stereocenters. The van der Waals surface area contributed by atoms with Gasteiger partial charge in [-0.25, -0.2) is 0 Å². The van der Waals surface area contributed by atoms with E-state index in [2.05, 4.69) is 0 Å². The number of hydrogen-bond donors (Lipinski definition) is 1. The molecular formula is C25H21N3O5. The lowest BCUT2D eigenvalue weighted by molar-refractivity contribution is 0.0701. The molecule has 1 aromatic heterocycles. The molecule has 0 radical (unpaired) electrons. The van der Waals surface area contributed by atoms with Crippen LogP contribution in [0.1, 0.15) is 33.2 Å². The number of benzene rings is 2. The van der Waals surface area contributed by atoms with E-state index >= 15 is 0 Å². The lowest BCUT2D eigenvalue weighted by Crippen LogP contribution is -2.55. The summed E-state index contributed by atoms with van der Waals surface area (Å²) in [5.41, 5.74) is 2.15. The van der Waals surface area contributed by atoms with Gasteiger partial charge >= 0.3 is 0 Å². The minimum absolute atomic E-state index is 0.0519. The zero-order chi connectivity index (χ0) is 22.5. The number of rotatable bonds is 0. The number of para-hydroxylation sites is 1. The molecule has 0 aliphatic carbocycles. The van der Waals surface area contributed by atoms with Crippen molar-refractivity contribution in [3.63, 3.8) is 0 Å². The average molecular weight is 443 g/mol. The topological polar surface area (TPSA) is 84.2 Å². The first-order valence-corrected chi connectivity index (χ1v) is 10.8. The fraction of sp³-hybridized carbons (Fsp3) is 0.200. The second kappa shape index (κ2) is 7.44. The number of carbonyl (C=O) groups excluding carboxylic acids is 1. The molecule has 4 heterocycles. The van der Waals surface area contributed by atoms with Crippen LogP contribution in [0.15, 0.2) is 71.7 Å². The van der Waals surface area contributed by atoms with Crippen LogP contribution in [0.2, 0.25) is 0 Å². The van der Waals surface area contributed by atoms with Gasteiger partial charge in [0.05, 0.1) is 0 Å². The number of hydrogen-bond acceptors (Lipinski definition) is 6. The summed E-state index contributed by atoms with van der Waals surface area (Å²) in [5, 5.41) is 12.6. The molecule has 166 valence electrons. The van der Waals surface area contributed by atoms with Gasteiger partial charge in [-0.15, -0.1) is 0 Å². The Kier molecular flexibility index (Phi) is 4.39. The van der Waals surface area contributed by atoms with Crippen molar-refractivity contribution in [2.24, 2.45) is 0 Å². The van der Waals surface area contributed by atoms with Gasteiger partial charge < -0.3 is 19.5 Å². The zero-order valence-electron chi connectivity index (χ0n) is 17.7. The van der Waals surface area contributed by atoms with Crippen molar-refractivity contribution in [3.8, 4) is 17.2 Å². The minimum atomic E-state index is -0.592. The number of aromatic hydroxyl groups is 1. The minimum Gasteiger partial charge on any atom is -0.502 e. The van der Waals surface area contributed by atoms with Crippen molar-refractivity contribution < 1.29 is 19.4 Å². The van der Waals surface area contributed by atoms with E-state index in [1.54, 1.807) is 15.8 Å². The van der Waals surface area contributed by atoms with Gasteiger partial charge in [-0.3, -0.25) is 19.3 Å². The van der Waals surface area contributed by atoms with Crippen LogP contribution < -0.4 is 19.9 Å². The van der Waals surface area contributed by atoms with Crippen molar-refractivity contribution in [1.82, 2.24) is 9.58 Å². The normalized spacial score (nSPS) is 19.6. The molecule has 0 fully saturated rings. The summed E-state index contributed by atoms with van der Waals surface area (Å²) >= 11 is 0. The highest BCUT2D eigenvalue weighted by Crippen LogP contribution is 2.44. The Balaban J connectivity index is 1.68. The Morgan fingerprint density at radius 3 is 2.70 bits per heavy atom. The summed E-state index contributed by atoms with van der Waals surface area (Å²) in [6.07, 6.45) is 5.27. The van der Waals surface area contributed by atoms with Crippen LogP contribution >= 0.6 is 0 Å². The van der Waals surface area contributed by atoms with Crippen LogP contribution in [0.4, 0.5) is 0 Å². The van der Waals surface area contributed by atoms with E-state index in [4.69, 9.17) is 9.47 Å². The van der Waals surface area contributed by atoms with E-state index in [0.717, 1.165) is 28.2 Å². The third-order valence-electron chi connectivity index (χ3n) is 6.29. The summed E-state index contributed by atoms with van der Waals surface area (Å²) in [6, 6.07) is 14.5. The van der Waals surface area contributed by atoms with Gasteiger partial charge in [-0.05, 0) is 23.8 Å². The van der Waals surface area contributed by atoms with Gasteiger partial charge in [-0.2, -0.15) is 0 Å². The molecule has 2 bridgehead atoms. The van der Waals surface area contributed by atoms with E-state index < -0.39 is 23.1 Å². The van der Waals surface area contributed by atoms with Gasteiger partial charge in [0.25, 0.3) is 5.91 Å². The first-order valence-electron chi connectivity index (χ1n) is 10.8. The van der Waals surface area contributed by atoms with Gasteiger partial charge in [0, 0.05) is 29.9 Å². The molecule has 1 atom stereocenters. The number of carbonyl (C=O) groups is 1. The summed E-state index contributed by atoms with van der Waals surface area (Å²) in [6.45, 7) is 1.28. The van der Waals surface area contributed by atoms with Crippen LogP contribution in [0.25, 0.3) is 0 Å². The quantitative estimate of drug-likeness (QED) is 0.538. The van der Waals surface area contributed by atoms with E-state index in [-0.39, 0.29) is 12.4 Å². The van der Waals surface area contributed by atoms with Crippen LogP contribution in [-0.2, 0) is 6.61 Å². The van der Waals surface area contributed by atoms with Gasteiger partial charge in [0.2, 0.25) is 5.43 Å². The highest BCUT2D eigenvalue weighted by atomic mass is 16.5. The van der Waals surface area contributed by atoms with Crippen molar-refractivity contribution in [1.29, 1.82) is 0 Å². The van der Waals surface area contributed by atoms with Gasteiger partial charge in [-0.1, -0.05) is 36.4 Å². The number of amides is 1. The van der Waals surface area contributed by atoms with E-state index in [1.165, 1.54) is 6.07 Å². The fourth-order valence-electron chi connectivity index (χ4n) is 4.75. The molecule has 6 rings (SSSR count). The van der Waals surface area contributed by atoms with E-state index in [9.17, 15) is 14.7 Å². The van der Waals surface area contributed by atoms with Gasteiger partial charge in [0.1, 0.15) is 37.4 Å². The smallest absolute Gasteiger partial charge is 0.278 e. The van der Waals surface area contributed by atoms with Crippen LogP contribution in [0.3, 0.4) is 0 Å². The van der Waals surface area contributed by atoms with Crippen LogP contribution in [0.5, 0.6) is 17.2 Å². The number of nitrogens with zero attached hydrogens (tertiary/aromatic N) is 3. The Bertz CT molecular complexity index is 1360. The predicted molar refractivity (Wildman–Crippen MR) is 120 cm³/mol. The predicted octanol–water partition coefficient (Wildman–Crippen LogP) is 2.54. The van der Waals surface area contributed by atoms with E-state index in [1.807, 2.05) is 59.6 Å². The monoisotopic (exact) mass is 443 g/mol. The maximum absolute atomic E-state index is 13.3. The lowest BCUT2D eigenvalue weighted by atomic mass is 9.93. The zero-order valence-corrected chi connectivity index (χ0v) is 17.7. The first-order chi connectivity index (χ1) is 16.1. The van der Waals surface area contributed by atoms with Crippen LogP contribution in [0, 0.1) is 0 Å². The average Bonchev–Trinajstić information content (AvgIpc) is 3.01. The molecule has 1 amide bonds.